The zero-order chi connectivity index (χ0) is 23.3. The number of nitrogens with zero attached hydrogens (tertiary/aromatic N) is 2. The minimum Gasteiger partial charge on any atom is -0.466 e. The molecule has 0 aliphatic carbocycles. The molecule has 1 aromatic carbocycles. The number of nitro benzene ring substituents is 1. The number of nitro groups is 1. The van der Waals surface area contributed by atoms with E-state index < -0.39 is 34.6 Å². The maximum Gasteiger partial charge on any atom is 0.336 e. The molecule has 1 aromatic rings. The molecule has 1 amide bonds. The number of hydrogen-bond acceptors (Lipinski definition) is 8. The lowest BCUT2D eigenvalue weighted by Crippen LogP contribution is -2.38. The third kappa shape index (κ3) is 4.97. The Hall–Kier alpha value is -3.53. The van der Waals surface area contributed by atoms with Crippen molar-refractivity contribution in [1.29, 1.82) is 0 Å². The summed E-state index contributed by atoms with van der Waals surface area (Å²) < 4.78 is 4.93. The van der Waals surface area contributed by atoms with Gasteiger partial charge in [0, 0.05) is 35.4 Å². The first kappa shape index (κ1) is 23.7. The molecule has 0 saturated heterocycles. The molecule has 0 saturated carbocycles. The summed E-state index contributed by atoms with van der Waals surface area (Å²) in [4.78, 5) is 53.7. The van der Waals surface area contributed by atoms with Crippen LogP contribution in [0.3, 0.4) is 0 Å². The Morgan fingerprint density at radius 2 is 1.97 bits per heavy atom. The number of rotatable bonds is 7. The lowest BCUT2D eigenvalue weighted by atomic mass is 9.85. The van der Waals surface area contributed by atoms with Crippen molar-refractivity contribution >= 4 is 23.5 Å². The number of non-ortho nitro benzene ring substituents is 1. The van der Waals surface area contributed by atoms with E-state index in [4.69, 9.17) is 10.6 Å². The normalized spacial score (nSPS) is 17.0. The predicted molar refractivity (Wildman–Crippen MR) is 110 cm³/mol. The van der Waals surface area contributed by atoms with Crippen LogP contribution in [0.15, 0.2) is 47.3 Å². The maximum absolute atomic E-state index is 13.2. The lowest BCUT2D eigenvalue weighted by molar-refractivity contribution is -0.384. The largest absolute Gasteiger partial charge is 0.466 e. The Kier molecular flexibility index (Phi) is 7.65. The van der Waals surface area contributed by atoms with E-state index in [0.717, 1.165) is 0 Å². The Balaban J connectivity index is 2.55. The van der Waals surface area contributed by atoms with Crippen LogP contribution < -0.4 is 5.90 Å². The number of amides is 1. The molecule has 2 atom stereocenters. The summed E-state index contributed by atoms with van der Waals surface area (Å²) in [6, 6.07) is 5.94. The number of carbonyl (C=O) groups excluding carboxylic acids is 3. The van der Waals surface area contributed by atoms with E-state index in [-0.39, 0.29) is 17.7 Å². The Morgan fingerprint density at radius 3 is 2.52 bits per heavy atom. The molecule has 1 aliphatic heterocycles. The van der Waals surface area contributed by atoms with Crippen LogP contribution in [0.2, 0.25) is 0 Å². The van der Waals surface area contributed by atoms with Gasteiger partial charge in [-0.2, -0.15) is 5.90 Å². The van der Waals surface area contributed by atoms with E-state index in [1.165, 1.54) is 30.2 Å². The van der Waals surface area contributed by atoms with Crippen LogP contribution in [0.1, 0.15) is 45.1 Å². The molecule has 2 unspecified atom stereocenters. The van der Waals surface area contributed by atoms with Crippen LogP contribution in [0.5, 0.6) is 0 Å². The van der Waals surface area contributed by atoms with Crippen LogP contribution in [0, 0.1) is 16.0 Å². The van der Waals surface area contributed by atoms with Crippen molar-refractivity contribution in [3.8, 4) is 0 Å². The average Bonchev–Trinajstić information content (AvgIpc) is 2.76. The third-order valence-corrected chi connectivity index (χ3v) is 5.25. The van der Waals surface area contributed by atoms with Crippen molar-refractivity contribution < 1.29 is 28.9 Å². The van der Waals surface area contributed by atoms with Gasteiger partial charge in [0.05, 0.1) is 24.0 Å². The van der Waals surface area contributed by atoms with E-state index in [0.29, 0.717) is 23.4 Å². The van der Waals surface area contributed by atoms with Crippen LogP contribution in [0.25, 0.3) is 0 Å². The average molecular weight is 431 g/mol. The first-order valence-electron chi connectivity index (χ1n) is 9.61. The molecule has 1 aliphatic rings. The molecule has 0 fully saturated rings. The summed E-state index contributed by atoms with van der Waals surface area (Å²) in [5, 5.41) is 11.2. The number of esters is 1. The molecule has 2 N–H and O–H groups in total. The van der Waals surface area contributed by atoms with Crippen molar-refractivity contribution in [3.05, 3.63) is 63.0 Å². The zero-order valence-corrected chi connectivity index (χ0v) is 17.8. The fourth-order valence-corrected chi connectivity index (χ4v) is 3.67. The van der Waals surface area contributed by atoms with Gasteiger partial charge in [-0.3, -0.25) is 24.6 Å². The summed E-state index contributed by atoms with van der Waals surface area (Å²) in [7, 11) is 1.22. The number of allylic oxidation sites excluding steroid dienone is 3. The van der Waals surface area contributed by atoms with Crippen molar-refractivity contribution in [2.24, 2.45) is 11.8 Å². The van der Waals surface area contributed by atoms with Gasteiger partial charge >= 0.3 is 11.9 Å². The second-order valence-electron chi connectivity index (χ2n) is 7.10. The van der Waals surface area contributed by atoms with Crippen LogP contribution in [-0.4, -0.2) is 34.8 Å². The fraction of sp³-hybridized carbons (Fsp3) is 0.381. The molecule has 0 aromatic heterocycles. The topological polar surface area (TPSA) is 142 Å². The molecule has 166 valence electrons. The molecular weight excluding hydrogens is 406 g/mol. The number of methoxy groups -OCH3 is 1. The van der Waals surface area contributed by atoms with Gasteiger partial charge in [0.2, 0.25) is 5.91 Å². The number of hydrogen-bond donors (Lipinski definition) is 1. The van der Waals surface area contributed by atoms with Crippen molar-refractivity contribution in [1.82, 2.24) is 4.90 Å². The fourth-order valence-electron chi connectivity index (χ4n) is 3.67. The minimum absolute atomic E-state index is 0.115. The number of benzene rings is 1. The number of ether oxygens (including phenoxy) is 1. The van der Waals surface area contributed by atoms with E-state index >= 15 is 0 Å². The molecule has 0 bridgehead atoms. The lowest BCUT2D eigenvalue weighted by Gasteiger charge is -2.35. The van der Waals surface area contributed by atoms with Gasteiger partial charge in [0.15, 0.2) is 0 Å². The van der Waals surface area contributed by atoms with Crippen molar-refractivity contribution in [2.45, 2.75) is 39.5 Å². The Bertz CT molecular complexity index is 967. The smallest absolute Gasteiger partial charge is 0.336 e. The zero-order valence-electron chi connectivity index (χ0n) is 17.8. The summed E-state index contributed by atoms with van der Waals surface area (Å²) in [5.41, 5.74) is 1.42. The molecule has 31 heavy (non-hydrogen) atoms. The Labute approximate surface area is 179 Å². The van der Waals surface area contributed by atoms with Gasteiger partial charge in [0.25, 0.3) is 5.69 Å². The molecule has 0 radical (unpaired) electrons. The van der Waals surface area contributed by atoms with Gasteiger partial charge < -0.3 is 9.57 Å². The van der Waals surface area contributed by atoms with Crippen LogP contribution in [-0.2, 0) is 24.0 Å². The predicted octanol–water partition coefficient (Wildman–Crippen LogP) is 2.70. The van der Waals surface area contributed by atoms with Gasteiger partial charge in [-0.15, -0.1) is 0 Å². The number of nitrogens with two attached hydrogens (primary N) is 1. The Morgan fingerprint density at radius 1 is 1.29 bits per heavy atom. The summed E-state index contributed by atoms with van der Waals surface area (Å²) in [6.45, 7) is 5.04. The van der Waals surface area contributed by atoms with E-state index in [1.54, 1.807) is 32.9 Å². The van der Waals surface area contributed by atoms with Crippen molar-refractivity contribution in [2.75, 3.05) is 7.11 Å². The highest BCUT2D eigenvalue weighted by molar-refractivity contribution is 5.95. The standard InChI is InChI=1S/C21H25N3O7/c1-5-14(11-18(25)31-22)20(26)23-12(2)9-17(19(13(23)3)21(27)30-4)15-7-6-8-16(10-15)24(28)29/h6-10,14,17H,5,11,22H2,1-4H3. The maximum atomic E-state index is 13.2. The van der Waals surface area contributed by atoms with Gasteiger partial charge in [-0.1, -0.05) is 25.1 Å². The summed E-state index contributed by atoms with van der Waals surface area (Å²) in [6.07, 6.45) is 1.82. The molecule has 10 nitrogen and oxygen atoms in total. The first-order chi connectivity index (χ1) is 14.7. The molecule has 2 rings (SSSR count). The minimum atomic E-state index is -0.719. The summed E-state index contributed by atoms with van der Waals surface area (Å²) >= 11 is 0. The molecule has 1 heterocycles. The van der Waals surface area contributed by atoms with Gasteiger partial charge in [-0.25, -0.2) is 4.79 Å². The van der Waals surface area contributed by atoms with Crippen LogP contribution in [0.4, 0.5) is 5.69 Å². The van der Waals surface area contributed by atoms with E-state index in [1.807, 2.05) is 0 Å². The number of carbonyl (C=O) groups is 3. The molecular formula is C21H25N3O7. The molecule has 0 spiro atoms. The third-order valence-electron chi connectivity index (χ3n) is 5.25. The van der Waals surface area contributed by atoms with E-state index in [2.05, 4.69) is 4.84 Å². The quantitative estimate of drug-likeness (QED) is 0.394. The highest BCUT2D eigenvalue weighted by Crippen LogP contribution is 2.39. The second kappa shape index (κ2) is 9.98. The van der Waals surface area contributed by atoms with Crippen LogP contribution >= 0.6 is 0 Å². The monoisotopic (exact) mass is 431 g/mol. The first-order valence-corrected chi connectivity index (χ1v) is 9.61. The molecule has 10 heteroatoms. The highest BCUT2D eigenvalue weighted by Gasteiger charge is 2.36. The highest BCUT2D eigenvalue weighted by atomic mass is 16.7. The second-order valence-corrected chi connectivity index (χ2v) is 7.10. The summed E-state index contributed by atoms with van der Waals surface area (Å²) in [5.74, 6) is 1.77. The SMILES string of the molecule is CCC(CC(=O)ON)C(=O)N1C(C)=CC(c2cccc([N+](=O)[O-])c2)C(C(=O)OC)=C1C. The van der Waals surface area contributed by atoms with E-state index in [9.17, 15) is 24.5 Å². The van der Waals surface area contributed by atoms with Gasteiger partial charge in [-0.05, 0) is 25.8 Å². The van der Waals surface area contributed by atoms with Gasteiger partial charge in [0.1, 0.15) is 0 Å². The van der Waals surface area contributed by atoms with Crippen molar-refractivity contribution in [3.63, 3.8) is 0 Å².